The number of amides is 1. The highest BCUT2D eigenvalue weighted by molar-refractivity contribution is 7.09. The van der Waals surface area contributed by atoms with Gasteiger partial charge in [-0.05, 0) is 12.8 Å². The maximum absolute atomic E-state index is 11.8. The molecule has 0 saturated heterocycles. The summed E-state index contributed by atoms with van der Waals surface area (Å²) in [5.74, 6) is 0.200. The molecular weight excluding hydrogens is 222 g/mol. The summed E-state index contributed by atoms with van der Waals surface area (Å²) in [6, 6.07) is 0. The summed E-state index contributed by atoms with van der Waals surface area (Å²) in [5, 5.41) is 2.91. The standard InChI is InChI=1S/C11H19N3OS/c1-7(2)9(4-12)11(15)13-5-10-8(3)14-6-16-10/h6-7,9H,4-5,12H2,1-3H3,(H,13,15). The molecule has 1 rings (SSSR count). The van der Waals surface area contributed by atoms with E-state index in [4.69, 9.17) is 5.73 Å². The Bertz CT molecular complexity index is 349. The van der Waals surface area contributed by atoms with Gasteiger partial charge >= 0.3 is 0 Å². The summed E-state index contributed by atoms with van der Waals surface area (Å²) in [6.07, 6.45) is 0. The maximum atomic E-state index is 11.8. The molecule has 1 unspecified atom stereocenters. The largest absolute Gasteiger partial charge is 0.351 e. The number of aryl methyl sites for hydroxylation is 1. The van der Waals surface area contributed by atoms with Gasteiger partial charge in [0.05, 0.1) is 23.7 Å². The van der Waals surface area contributed by atoms with E-state index in [1.807, 2.05) is 20.8 Å². The number of nitrogens with two attached hydrogens (primary N) is 1. The zero-order chi connectivity index (χ0) is 12.1. The minimum absolute atomic E-state index is 0.0327. The van der Waals surface area contributed by atoms with E-state index >= 15 is 0 Å². The molecule has 90 valence electrons. The zero-order valence-corrected chi connectivity index (χ0v) is 10.8. The topological polar surface area (TPSA) is 68.0 Å². The van der Waals surface area contributed by atoms with E-state index in [1.54, 1.807) is 16.8 Å². The van der Waals surface area contributed by atoms with Crippen LogP contribution in [-0.2, 0) is 11.3 Å². The monoisotopic (exact) mass is 241 g/mol. The van der Waals surface area contributed by atoms with Gasteiger partial charge in [-0.1, -0.05) is 13.8 Å². The van der Waals surface area contributed by atoms with Crippen LogP contribution in [0.4, 0.5) is 0 Å². The van der Waals surface area contributed by atoms with Crippen molar-refractivity contribution in [1.82, 2.24) is 10.3 Å². The molecule has 16 heavy (non-hydrogen) atoms. The number of hydrogen-bond acceptors (Lipinski definition) is 4. The minimum atomic E-state index is -0.103. The van der Waals surface area contributed by atoms with E-state index in [0.717, 1.165) is 10.6 Å². The second-order valence-electron chi connectivity index (χ2n) is 4.16. The summed E-state index contributed by atoms with van der Waals surface area (Å²) in [5.41, 5.74) is 8.36. The highest BCUT2D eigenvalue weighted by Crippen LogP contribution is 2.13. The van der Waals surface area contributed by atoms with Crippen molar-refractivity contribution in [1.29, 1.82) is 0 Å². The Kier molecular flexibility index (Phi) is 4.89. The third kappa shape index (κ3) is 3.28. The fourth-order valence-corrected chi connectivity index (χ4v) is 2.19. The second-order valence-corrected chi connectivity index (χ2v) is 5.10. The molecule has 0 aliphatic carbocycles. The van der Waals surface area contributed by atoms with Gasteiger partial charge in [-0.2, -0.15) is 0 Å². The van der Waals surface area contributed by atoms with Crippen molar-refractivity contribution in [2.24, 2.45) is 17.6 Å². The van der Waals surface area contributed by atoms with Crippen LogP contribution in [0.1, 0.15) is 24.4 Å². The van der Waals surface area contributed by atoms with Crippen LogP contribution in [0.25, 0.3) is 0 Å². The van der Waals surface area contributed by atoms with Gasteiger partial charge in [0.25, 0.3) is 0 Å². The maximum Gasteiger partial charge on any atom is 0.224 e. The average molecular weight is 241 g/mol. The quantitative estimate of drug-likeness (QED) is 0.816. The van der Waals surface area contributed by atoms with Crippen LogP contribution in [0, 0.1) is 18.8 Å². The van der Waals surface area contributed by atoms with Crippen LogP contribution in [-0.4, -0.2) is 17.4 Å². The number of nitrogens with zero attached hydrogens (tertiary/aromatic N) is 1. The van der Waals surface area contributed by atoms with E-state index in [9.17, 15) is 4.79 Å². The van der Waals surface area contributed by atoms with Crippen molar-refractivity contribution in [3.05, 3.63) is 16.1 Å². The number of nitrogens with one attached hydrogen (secondary N) is 1. The Balaban J connectivity index is 2.49. The lowest BCUT2D eigenvalue weighted by molar-refractivity contribution is -0.126. The van der Waals surface area contributed by atoms with Crippen molar-refractivity contribution in [2.45, 2.75) is 27.3 Å². The molecular formula is C11H19N3OS. The Labute approximate surface area is 100 Å². The van der Waals surface area contributed by atoms with Crippen LogP contribution < -0.4 is 11.1 Å². The molecule has 0 aliphatic rings. The molecule has 1 heterocycles. The first-order valence-corrected chi connectivity index (χ1v) is 6.31. The van der Waals surface area contributed by atoms with Gasteiger partial charge in [0.1, 0.15) is 0 Å². The molecule has 0 bridgehead atoms. The van der Waals surface area contributed by atoms with Crippen molar-refractivity contribution in [3.8, 4) is 0 Å². The van der Waals surface area contributed by atoms with Gasteiger partial charge in [-0.15, -0.1) is 11.3 Å². The van der Waals surface area contributed by atoms with Crippen LogP contribution in [0.2, 0.25) is 0 Å². The zero-order valence-electron chi connectivity index (χ0n) is 9.99. The molecule has 1 atom stereocenters. The molecule has 0 saturated carbocycles. The van der Waals surface area contributed by atoms with Gasteiger partial charge in [0.2, 0.25) is 5.91 Å². The smallest absolute Gasteiger partial charge is 0.224 e. The SMILES string of the molecule is Cc1ncsc1CNC(=O)C(CN)C(C)C. The molecule has 0 fully saturated rings. The van der Waals surface area contributed by atoms with Crippen molar-refractivity contribution in [2.75, 3.05) is 6.54 Å². The predicted octanol–water partition coefficient (Wildman–Crippen LogP) is 1.30. The van der Waals surface area contributed by atoms with Crippen molar-refractivity contribution < 1.29 is 4.79 Å². The fourth-order valence-electron chi connectivity index (χ4n) is 1.48. The first-order chi connectivity index (χ1) is 7.56. The van der Waals surface area contributed by atoms with Gasteiger partial charge < -0.3 is 11.1 Å². The van der Waals surface area contributed by atoms with Gasteiger partial charge in [-0.3, -0.25) is 4.79 Å². The van der Waals surface area contributed by atoms with Crippen molar-refractivity contribution >= 4 is 17.2 Å². The Morgan fingerprint density at radius 1 is 1.62 bits per heavy atom. The van der Waals surface area contributed by atoms with Crippen molar-refractivity contribution in [3.63, 3.8) is 0 Å². The number of carbonyl (C=O) groups excluding carboxylic acids is 1. The van der Waals surface area contributed by atoms with E-state index in [-0.39, 0.29) is 17.7 Å². The lowest BCUT2D eigenvalue weighted by Crippen LogP contribution is -2.37. The highest BCUT2D eigenvalue weighted by Gasteiger charge is 2.20. The summed E-state index contributed by atoms with van der Waals surface area (Å²) < 4.78 is 0. The van der Waals surface area contributed by atoms with E-state index < -0.39 is 0 Å². The molecule has 1 aromatic rings. The molecule has 5 heteroatoms. The number of rotatable bonds is 5. The number of hydrogen-bond donors (Lipinski definition) is 2. The number of aromatic nitrogens is 1. The number of carbonyl (C=O) groups is 1. The molecule has 0 aromatic carbocycles. The van der Waals surface area contributed by atoms with E-state index in [1.165, 1.54) is 0 Å². The Morgan fingerprint density at radius 3 is 2.75 bits per heavy atom. The average Bonchev–Trinajstić information content (AvgIpc) is 2.61. The Morgan fingerprint density at radius 2 is 2.31 bits per heavy atom. The fraction of sp³-hybridized carbons (Fsp3) is 0.636. The third-order valence-electron chi connectivity index (χ3n) is 2.66. The van der Waals surface area contributed by atoms with Gasteiger partial charge in [0, 0.05) is 11.4 Å². The first-order valence-electron chi connectivity index (χ1n) is 5.43. The Hall–Kier alpha value is -0.940. The van der Waals surface area contributed by atoms with E-state index in [2.05, 4.69) is 10.3 Å². The molecule has 4 nitrogen and oxygen atoms in total. The summed E-state index contributed by atoms with van der Waals surface area (Å²) >= 11 is 1.56. The predicted molar refractivity (Wildman–Crippen MR) is 66.1 cm³/mol. The lowest BCUT2D eigenvalue weighted by atomic mass is 9.95. The number of thiazole rings is 1. The van der Waals surface area contributed by atoms with Crippen LogP contribution in [0.3, 0.4) is 0 Å². The van der Waals surface area contributed by atoms with Crippen LogP contribution >= 0.6 is 11.3 Å². The molecule has 0 spiro atoms. The second kappa shape index (κ2) is 5.96. The van der Waals surface area contributed by atoms with Crippen LogP contribution in [0.5, 0.6) is 0 Å². The van der Waals surface area contributed by atoms with Gasteiger partial charge in [-0.25, -0.2) is 4.98 Å². The minimum Gasteiger partial charge on any atom is -0.351 e. The van der Waals surface area contributed by atoms with Gasteiger partial charge in [0.15, 0.2) is 0 Å². The lowest BCUT2D eigenvalue weighted by Gasteiger charge is -2.17. The summed E-state index contributed by atoms with van der Waals surface area (Å²) in [6.45, 7) is 6.91. The molecule has 1 amide bonds. The molecule has 1 aromatic heterocycles. The molecule has 3 N–H and O–H groups in total. The normalized spacial score (nSPS) is 12.8. The van der Waals surface area contributed by atoms with E-state index in [0.29, 0.717) is 13.1 Å². The summed E-state index contributed by atoms with van der Waals surface area (Å²) in [4.78, 5) is 17.1. The molecule has 0 radical (unpaired) electrons. The molecule has 0 aliphatic heterocycles. The van der Waals surface area contributed by atoms with Crippen LogP contribution in [0.15, 0.2) is 5.51 Å². The third-order valence-corrected chi connectivity index (χ3v) is 3.60. The first kappa shape index (κ1) is 13.1. The summed E-state index contributed by atoms with van der Waals surface area (Å²) in [7, 11) is 0. The highest BCUT2D eigenvalue weighted by atomic mass is 32.1.